The van der Waals surface area contributed by atoms with Gasteiger partial charge in [-0.15, -0.1) is 0 Å². The molecule has 0 aliphatic rings. The summed E-state index contributed by atoms with van der Waals surface area (Å²) in [6.45, 7) is 1.59. The van der Waals surface area contributed by atoms with Gasteiger partial charge < -0.3 is 10.8 Å². The SMILES string of the molecule is CSC(CO)C(C)NS(=O)(=O)c1ccc(Cl)cc1N. The van der Waals surface area contributed by atoms with Crippen molar-refractivity contribution >= 4 is 39.1 Å². The lowest BCUT2D eigenvalue weighted by Crippen LogP contribution is -2.41. The van der Waals surface area contributed by atoms with Crippen molar-refractivity contribution in [1.29, 1.82) is 0 Å². The Hall–Kier alpha value is -0.470. The van der Waals surface area contributed by atoms with Crippen molar-refractivity contribution in [3.05, 3.63) is 23.2 Å². The molecule has 2 atom stereocenters. The highest BCUT2D eigenvalue weighted by molar-refractivity contribution is 7.99. The third-order valence-electron chi connectivity index (χ3n) is 2.64. The third kappa shape index (κ3) is 4.25. The molecular weight excluding hydrogens is 308 g/mol. The van der Waals surface area contributed by atoms with E-state index < -0.39 is 16.1 Å². The molecule has 1 rings (SSSR count). The molecule has 0 amide bonds. The number of aliphatic hydroxyl groups is 1. The van der Waals surface area contributed by atoms with Gasteiger partial charge in [-0.05, 0) is 31.4 Å². The van der Waals surface area contributed by atoms with Crippen LogP contribution in [0.2, 0.25) is 5.02 Å². The van der Waals surface area contributed by atoms with Gasteiger partial charge in [-0.2, -0.15) is 11.8 Å². The van der Waals surface area contributed by atoms with Gasteiger partial charge in [-0.25, -0.2) is 13.1 Å². The zero-order valence-corrected chi connectivity index (χ0v) is 13.0. The van der Waals surface area contributed by atoms with Crippen LogP contribution in [0.4, 0.5) is 5.69 Å². The fourth-order valence-electron chi connectivity index (χ4n) is 1.58. The van der Waals surface area contributed by atoms with Crippen LogP contribution < -0.4 is 10.5 Å². The van der Waals surface area contributed by atoms with Crippen LogP contribution in [0.15, 0.2) is 23.1 Å². The van der Waals surface area contributed by atoms with Crippen LogP contribution in [-0.2, 0) is 10.0 Å². The fraction of sp³-hybridized carbons (Fsp3) is 0.455. The highest BCUT2D eigenvalue weighted by Gasteiger charge is 2.24. The van der Waals surface area contributed by atoms with E-state index in [1.807, 2.05) is 6.26 Å². The normalized spacial score (nSPS) is 15.2. The fourth-order valence-corrected chi connectivity index (χ4v) is 3.87. The van der Waals surface area contributed by atoms with E-state index in [4.69, 9.17) is 22.4 Å². The topological polar surface area (TPSA) is 92.4 Å². The Kier molecular flexibility index (Phi) is 5.94. The quantitative estimate of drug-likeness (QED) is 0.686. The van der Waals surface area contributed by atoms with Gasteiger partial charge in [-0.3, -0.25) is 0 Å². The second kappa shape index (κ2) is 6.81. The second-order valence-electron chi connectivity index (χ2n) is 4.05. The third-order valence-corrected chi connectivity index (χ3v) is 5.67. The Morgan fingerprint density at radius 1 is 1.53 bits per heavy atom. The average Bonchev–Trinajstić information content (AvgIpc) is 2.29. The number of nitrogens with one attached hydrogen (secondary N) is 1. The van der Waals surface area contributed by atoms with Crippen molar-refractivity contribution in [1.82, 2.24) is 4.72 Å². The monoisotopic (exact) mass is 324 g/mol. The Bertz CT molecular complexity index is 533. The van der Waals surface area contributed by atoms with Crippen molar-refractivity contribution in [3.63, 3.8) is 0 Å². The van der Waals surface area contributed by atoms with E-state index in [2.05, 4.69) is 4.72 Å². The van der Waals surface area contributed by atoms with Crippen LogP contribution in [0.1, 0.15) is 6.92 Å². The van der Waals surface area contributed by atoms with Gasteiger partial charge >= 0.3 is 0 Å². The second-order valence-corrected chi connectivity index (χ2v) is 7.24. The van der Waals surface area contributed by atoms with Gasteiger partial charge in [0.05, 0.1) is 12.3 Å². The van der Waals surface area contributed by atoms with Gasteiger partial charge in [0.15, 0.2) is 0 Å². The van der Waals surface area contributed by atoms with Gasteiger partial charge in [0.25, 0.3) is 0 Å². The molecule has 0 fully saturated rings. The molecule has 0 bridgehead atoms. The predicted octanol–water partition coefficient (Wildman–Crippen LogP) is 1.31. The number of hydrogen-bond donors (Lipinski definition) is 3. The molecule has 0 aliphatic carbocycles. The summed E-state index contributed by atoms with van der Waals surface area (Å²) in [5.74, 6) is 0. The first-order chi connectivity index (χ1) is 8.81. The molecule has 0 aliphatic heterocycles. The number of benzene rings is 1. The van der Waals surface area contributed by atoms with Gasteiger partial charge in [0, 0.05) is 16.3 Å². The summed E-state index contributed by atoms with van der Waals surface area (Å²) in [5.41, 5.74) is 5.76. The average molecular weight is 325 g/mol. The first kappa shape index (κ1) is 16.6. The molecule has 19 heavy (non-hydrogen) atoms. The van der Waals surface area contributed by atoms with Crippen LogP contribution in [0.3, 0.4) is 0 Å². The number of thioether (sulfide) groups is 1. The maximum absolute atomic E-state index is 12.2. The standard InChI is InChI=1S/C11H17ClN2O3S2/c1-7(10(6-15)18-2)14-19(16,17)11-4-3-8(12)5-9(11)13/h3-5,7,10,14-15H,6,13H2,1-2H3. The predicted molar refractivity (Wildman–Crippen MR) is 80.0 cm³/mol. The van der Waals surface area contributed by atoms with E-state index in [0.717, 1.165) is 0 Å². The Morgan fingerprint density at radius 3 is 2.63 bits per heavy atom. The molecule has 4 N–H and O–H groups in total. The Labute approximate surface area is 122 Å². The number of anilines is 1. The molecule has 0 radical (unpaired) electrons. The van der Waals surface area contributed by atoms with Crippen molar-refractivity contribution in [2.45, 2.75) is 23.1 Å². The molecular formula is C11H17ClN2O3S2. The molecule has 0 saturated heterocycles. The van der Waals surface area contributed by atoms with Crippen LogP contribution in [0.25, 0.3) is 0 Å². The summed E-state index contributed by atoms with van der Waals surface area (Å²) < 4.78 is 26.9. The Morgan fingerprint density at radius 2 is 2.16 bits per heavy atom. The van der Waals surface area contributed by atoms with Gasteiger partial charge in [0.1, 0.15) is 4.90 Å². The van der Waals surface area contributed by atoms with Crippen LogP contribution in [0, 0.1) is 0 Å². The number of sulfonamides is 1. The molecule has 0 heterocycles. The van der Waals surface area contributed by atoms with Gasteiger partial charge in [0.2, 0.25) is 10.0 Å². The molecule has 0 saturated carbocycles. The highest BCUT2D eigenvalue weighted by atomic mass is 35.5. The minimum atomic E-state index is -3.73. The van der Waals surface area contributed by atoms with Crippen molar-refractivity contribution < 1.29 is 13.5 Å². The van der Waals surface area contributed by atoms with E-state index in [9.17, 15) is 8.42 Å². The van der Waals surface area contributed by atoms with Crippen LogP contribution >= 0.6 is 23.4 Å². The number of nitrogen functional groups attached to an aromatic ring is 1. The summed E-state index contributed by atoms with van der Waals surface area (Å²) in [4.78, 5) is -0.0125. The molecule has 1 aromatic rings. The highest BCUT2D eigenvalue weighted by Crippen LogP contribution is 2.23. The molecule has 5 nitrogen and oxygen atoms in total. The maximum atomic E-state index is 12.2. The first-order valence-corrected chi connectivity index (χ1v) is 8.67. The number of nitrogens with two attached hydrogens (primary N) is 1. The van der Waals surface area contributed by atoms with E-state index in [-0.39, 0.29) is 22.4 Å². The van der Waals surface area contributed by atoms with E-state index in [0.29, 0.717) is 5.02 Å². The number of hydrogen-bond acceptors (Lipinski definition) is 5. The number of rotatable bonds is 6. The smallest absolute Gasteiger partial charge is 0.242 e. The molecule has 0 spiro atoms. The maximum Gasteiger partial charge on any atom is 0.242 e. The largest absolute Gasteiger partial charge is 0.398 e. The summed E-state index contributed by atoms with van der Waals surface area (Å²) in [5, 5.41) is 9.31. The van der Waals surface area contributed by atoms with Crippen molar-refractivity contribution in [2.24, 2.45) is 0 Å². The van der Waals surface area contributed by atoms with E-state index in [1.165, 1.54) is 30.0 Å². The summed E-state index contributed by atoms with van der Waals surface area (Å²) >= 11 is 7.13. The molecule has 8 heteroatoms. The van der Waals surface area contributed by atoms with E-state index in [1.54, 1.807) is 6.92 Å². The van der Waals surface area contributed by atoms with E-state index >= 15 is 0 Å². The lowest BCUT2D eigenvalue weighted by atomic mass is 10.3. The van der Waals surface area contributed by atoms with Crippen LogP contribution in [0.5, 0.6) is 0 Å². The van der Waals surface area contributed by atoms with Crippen molar-refractivity contribution in [2.75, 3.05) is 18.6 Å². The number of aliphatic hydroxyl groups excluding tert-OH is 1. The molecule has 2 unspecified atom stereocenters. The molecule has 108 valence electrons. The molecule has 0 aromatic heterocycles. The lowest BCUT2D eigenvalue weighted by Gasteiger charge is -2.21. The van der Waals surface area contributed by atoms with Gasteiger partial charge in [-0.1, -0.05) is 11.6 Å². The first-order valence-electron chi connectivity index (χ1n) is 5.53. The number of halogens is 1. The summed E-state index contributed by atoms with van der Waals surface area (Å²) in [6, 6.07) is 3.80. The zero-order chi connectivity index (χ0) is 14.6. The minimum Gasteiger partial charge on any atom is -0.398 e. The molecule has 1 aromatic carbocycles. The lowest BCUT2D eigenvalue weighted by molar-refractivity contribution is 0.282. The van der Waals surface area contributed by atoms with Crippen molar-refractivity contribution in [3.8, 4) is 0 Å². The summed E-state index contributed by atoms with van der Waals surface area (Å²) in [6.07, 6.45) is 1.81. The minimum absolute atomic E-state index is 0.0125. The summed E-state index contributed by atoms with van der Waals surface area (Å²) in [7, 11) is -3.73. The Balaban J connectivity index is 2.98. The zero-order valence-electron chi connectivity index (χ0n) is 10.6. The van der Waals surface area contributed by atoms with Crippen LogP contribution in [-0.4, -0.2) is 37.7 Å².